The van der Waals surface area contributed by atoms with Crippen LogP contribution in [0.25, 0.3) is 0 Å². The molecule has 1 rings (SSSR count). The lowest BCUT2D eigenvalue weighted by molar-refractivity contribution is -0.0419. The molecule has 0 saturated carbocycles. The normalized spacial score (nSPS) is 14.4. The minimum atomic E-state index is -1.20. The maximum atomic E-state index is 13.4. The van der Waals surface area contributed by atoms with Crippen molar-refractivity contribution in [1.82, 2.24) is 0 Å². The van der Waals surface area contributed by atoms with Gasteiger partial charge in [0.05, 0.1) is 13.2 Å². The Kier molecular flexibility index (Phi) is 5.75. The Morgan fingerprint density at radius 3 is 2.62 bits per heavy atom. The van der Waals surface area contributed by atoms with Crippen molar-refractivity contribution in [3.8, 4) is 0 Å². The van der Waals surface area contributed by atoms with Crippen molar-refractivity contribution in [2.75, 3.05) is 6.61 Å². The van der Waals surface area contributed by atoms with Gasteiger partial charge in [0.1, 0.15) is 12.3 Å². The number of aliphatic hydroxyl groups excluding tert-OH is 1. The highest BCUT2D eigenvalue weighted by atomic mass is 19.1. The Hall–Kier alpha value is -1.19. The number of hydrogen-bond donors (Lipinski definition) is 1. The Balaban J connectivity index is 2.42. The minimum absolute atomic E-state index is 0.194. The van der Waals surface area contributed by atoms with E-state index in [2.05, 4.69) is 6.58 Å². The molecule has 16 heavy (non-hydrogen) atoms. The van der Waals surface area contributed by atoms with E-state index in [9.17, 15) is 4.39 Å². The molecular weight excluding hydrogens is 207 g/mol. The number of rotatable bonds is 7. The summed E-state index contributed by atoms with van der Waals surface area (Å²) in [7, 11) is 0. The average Bonchev–Trinajstić information content (AvgIpc) is 2.31. The molecule has 0 unspecified atom stereocenters. The van der Waals surface area contributed by atoms with Crippen LogP contribution in [0.4, 0.5) is 4.39 Å². The third kappa shape index (κ3) is 4.13. The molecule has 3 heteroatoms. The third-order valence-corrected chi connectivity index (χ3v) is 2.28. The average molecular weight is 224 g/mol. The van der Waals surface area contributed by atoms with Crippen LogP contribution in [0.3, 0.4) is 0 Å². The van der Waals surface area contributed by atoms with E-state index in [-0.39, 0.29) is 13.0 Å². The van der Waals surface area contributed by atoms with Crippen LogP contribution in [-0.2, 0) is 11.3 Å². The van der Waals surface area contributed by atoms with E-state index >= 15 is 0 Å². The quantitative estimate of drug-likeness (QED) is 0.721. The number of alkyl halides is 1. The fourth-order valence-electron chi connectivity index (χ4n) is 1.36. The number of ether oxygens (including phenoxy) is 1. The molecule has 0 amide bonds. The molecule has 1 aromatic carbocycles. The summed E-state index contributed by atoms with van der Waals surface area (Å²) >= 11 is 0. The van der Waals surface area contributed by atoms with Crippen LogP contribution in [-0.4, -0.2) is 24.0 Å². The smallest absolute Gasteiger partial charge is 0.132 e. The molecule has 0 aromatic heterocycles. The van der Waals surface area contributed by atoms with E-state index in [1.165, 1.54) is 6.08 Å². The summed E-state index contributed by atoms with van der Waals surface area (Å²) < 4.78 is 18.7. The van der Waals surface area contributed by atoms with E-state index < -0.39 is 12.3 Å². The summed E-state index contributed by atoms with van der Waals surface area (Å²) in [6.45, 7) is 3.45. The van der Waals surface area contributed by atoms with Gasteiger partial charge in [0.2, 0.25) is 0 Å². The van der Waals surface area contributed by atoms with E-state index in [4.69, 9.17) is 9.84 Å². The van der Waals surface area contributed by atoms with Crippen LogP contribution in [0.15, 0.2) is 43.0 Å². The summed E-state index contributed by atoms with van der Waals surface area (Å²) in [6, 6.07) is 9.49. The van der Waals surface area contributed by atoms with Gasteiger partial charge in [-0.3, -0.25) is 0 Å². The predicted molar refractivity (Wildman–Crippen MR) is 61.8 cm³/mol. The third-order valence-electron chi connectivity index (χ3n) is 2.28. The highest BCUT2D eigenvalue weighted by Crippen LogP contribution is 2.11. The van der Waals surface area contributed by atoms with Gasteiger partial charge in [0, 0.05) is 0 Å². The van der Waals surface area contributed by atoms with Crippen molar-refractivity contribution >= 4 is 0 Å². The van der Waals surface area contributed by atoms with Crippen LogP contribution in [0.1, 0.15) is 12.0 Å². The molecule has 1 aromatic rings. The molecule has 0 saturated heterocycles. The van der Waals surface area contributed by atoms with Gasteiger partial charge in [-0.1, -0.05) is 36.4 Å². The zero-order valence-electron chi connectivity index (χ0n) is 9.18. The zero-order valence-corrected chi connectivity index (χ0v) is 9.18. The summed E-state index contributed by atoms with van der Waals surface area (Å²) in [4.78, 5) is 0. The van der Waals surface area contributed by atoms with Crippen LogP contribution < -0.4 is 0 Å². The molecule has 0 aliphatic rings. The van der Waals surface area contributed by atoms with Gasteiger partial charge in [-0.15, -0.1) is 6.58 Å². The summed E-state index contributed by atoms with van der Waals surface area (Å²) in [5.74, 6) is 0. The summed E-state index contributed by atoms with van der Waals surface area (Å²) in [5, 5.41) is 9.00. The molecule has 0 fully saturated rings. The lowest BCUT2D eigenvalue weighted by Crippen LogP contribution is -2.28. The van der Waals surface area contributed by atoms with Crippen LogP contribution >= 0.6 is 0 Å². The van der Waals surface area contributed by atoms with Crippen molar-refractivity contribution in [2.24, 2.45) is 0 Å². The van der Waals surface area contributed by atoms with Gasteiger partial charge in [-0.2, -0.15) is 0 Å². The van der Waals surface area contributed by atoms with Gasteiger partial charge in [-0.05, 0) is 12.0 Å². The van der Waals surface area contributed by atoms with Crippen LogP contribution in [0.2, 0.25) is 0 Å². The first-order valence-electron chi connectivity index (χ1n) is 5.29. The van der Waals surface area contributed by atoms with Crippen molar-refractivity contribution in [1.29, 1.82) is 0 Å². The number of aliphatic hydroxyl groups is 1. The molecule has 1 N–H and O–H groups in total. The van der Waals surface area contributed by atoms with Gasteiger partial charge in [-0.25, -0.2) is 4.39 Å². The summed E-state index contributed by atoms with van der Waals surface area (Å²) in [5.41, 5.74) is 0.965. The van der Waals surface area contributed by atoms with Crippen molar-refractivity contribution in [3.05, 3.63) is 48.6 Å². The Morgan fingerprint density at radius 1 is 1.38 bits per heavy atom. The van der Waals surface area contributed by atoms with Gasteiger partial charge < -0.3 is 9.84 Å². The Labute approximate surface area is 95.4 Å². The first kappa shape index (κ1) is 12.9. The topological polar surface area (TPSA) is 29.5 Å². The fraction of sp³-hybridized carbons (Fsp3) is 0.385. The number of halogens is 1. The second-order valence-electron chi connectivity index (χ2n) is 3.56. The van der Waals surface area contributed by atoms with E-state index in [1.807, 2.05) is 30.3 Å². The maximum Gasteiger partial charge on any atom is 0.132 e. The first-order valence-corrected chi connectivity index (χ1v) is 5.29. The highest BCUT2D eigenvalue weighted by molar-refractivity contribution is 5.13. The summed E-state index contributed by atoms with van der Waals surface area (Å²) in [6.07, 6.45) is -0.302. The molecule has 0 bridgehead atoms. The predicted octanol–water partition coefficient (Wildman–Crippen LogP) is 2.48. The number of hydrogen-bond acceptors (Lipinski definition) is 2. The zero-order chi connectivity index (χ0) is 11.8. The first-order chi connectivity index (χ1) is 7.77. The second kappa shape index (κ2) is 7.14. The number of allylic oxidation sites excluding steroid dienone is 1. The van der Waals surface area contributed by atoms with E-state index in [0.717, 1.165) is 5.56 Å². The molecule has 0 aliphatic heterocycles. The van der Waals surface area contributed by atoms with Crippen molar-refractivity contribution in [2.45, 2.75) is 25.3 Å². The van der Waals surface area contributed by atoms with Crippen LogP contribution in [0.5, 0.6) is 0 Å². The van der Waals surface area contributed by atoms with Crippen molar-refractivity contribution < 1.29 is 14.2 Å². The number of benzene rings is 1. The molecule has 0 aliphatic carbocycles. The largest absolute Gasteiger partial charge is 0.394 e. The van der Waals surface area contributed by atoms with Crippen molar-refractivity contribution in [3.63, 3.8) is 0 Å². The standard InChI is InChI=1S/C13H17FO2/c1-2-6-12(14)13(9-15)16-10-11-7-4-3-5-8-11/h2-5,7-8,12-13,15H,1,6,9-10H2/t12-,13+/m0/s1. The molecule has 0 spiro atoms. The van der Waals surface area contributed by atoms with Crippen LogP contribution in [0, 0.1) is 0 Å². The van der Waals surface area contributed by atoms with E-state index in [1.54, 1.807) is 0 Å². The molecule has 88 valence electrons. The van der Waals surface area contributed by atoms with Gasteiger partial charge >= 0.3 is 0 Å². The van der Waals surface area contributed by atoms with E-state index in [0.29, 0.717) is 6.61 Å². The Morgan fingerprint density at radius 2 is 2.06 bits per heavy atom. The minimum Gasteiger partial charge on any atom is -0.394 e. The lowest BCUT2D eigenvalue weighted by atomic mass is 10.1. The molecule has 0 heterocycles. The molecule has 2 atom stereocenters. The lowest BCUT2D eigenvalue weighted by Gasteiger charge is -2.18. The highest BCUT2D eigenvalue weighted by Gasteiger charge is 2.19. The second-order valence-corrected chi connectivity index (χ2v) is 3.56. The monoisotopic (exact) mass is 224 g/mol. The maximum absolute atomic E-state index is 13.4. The van der Waals surface area contributed by atoms with Gasteiger partial charge in [0.15, 0.2) is 0 Å². The Bertz CT molecular complexity index is 300. The molecule has 0 radical (unpaired) electrons. The SMILES string of the molecule is C=CC[C@H](F)[C@@H](CO)OCc1ccccc1. The fourth-order valence-corrected chi connectivity index (χ4v) is 1.36. The molecular formula is C13H17FO2. The van der Waals surface area contributed by atoms with Gasteiger partial charge in [0.25, 0.3) is 0 Å². The molecule has 2 nitrogen and oxygen atoms in total.